The van der Waals surface area contributed by atoms with Crippen molar-refractivity contribution < 1.29 is 0 Å². The highest BCUT2D eigenvalue weighted by molar-refractivity contribution is 9.10. The van der Waals surface area contributed by atoms with E-state index in [1.807, 2.05) is 10.7 Å². The molecule has 0 saturated carbocycles. The highest BCUT2D eigenvalue weighted by Crippen LogP contribution is 2.25. The van der Waals surface area contributed by atoms with Crippen molar-refractivity contribution in [1.29, 1.82) is 0 Å². The number of nitrogen functional groups attached to an aromatic ring is 1. The second kappa shape index (κ2) is 5.36. The first-order valence-corrected chi connectivity index (χ1v) is 6.54. The van der Waals surface area contributed by atoms with E-state index in [2.05, 4.69) is 52.2 Å². The van der Waals surface area contributed by atoms with E-state index in [0.29, 0.717) is 11.9 Å². The normalized spacial score (nSPS) is 12.6. The van der Waals surface area contributed by atoms with E-state index in [-0.39, 0.29) is 0 Å². The van der Waals surface area contributed by atoms with E-state index in [1.165, 1.54) is 5.56 Å². The van der Waals surface area contributed by atoms with Gasteiger partial charge in [0.05, 0.1) is 16.7 Å². The standard InChI is InChI=1S/C13H16BrN3/c1-2-11(8-10-6-4-3-5-7-10)17-13(15)12(14)9-16-17/h3-7,9,11H,2,8,15H2,1H3. The maximum Gasteiger partial charge on any atom is 0.136 e. The van der Waals surface area contributed by atoms with Crippen LogP contribution in [0.1, 0.15) is 24.9 Å². The fourth-order valence-electron chi connectivity index (χ4n) is 1.93. The molecule has 1 aromatic heterocycles. The third-order valence-corrected chi connectivity index (χ3v) is 3.53. The van der Waals surface area contributed by atoms with Gasteiger partial charge in [-0.2, -0.15) is 5.10 Å². The molecule has 0 aliphatic heterocycles. The monoisotopic (exact) mass is 293 g/mol. The summed E-state index contributed by atoms with van der Waals surface area (Å²) in [5, 5.41) is 4.33. The van der Waals surface area contributed by atoms with Gasteiger partial charge in [-0.1, -0.05) is 37.3 Å². The van der Waals surface area contributed by atoms with Crippen LogP contribution < -0.4 is 5.73 Å². The summed E-state index contributed by atoms with van der Waals surface area (Å²) in [5.74, 6) is 0.702. The van der Waals surface area contributed by atoms with Crippen LogP contribution in [-0.2, 0) is 6.42 Å². The predicted octanol–water partition coefficient (Wildman–Crippen LogP) is 3.42. The summed E-state index contributed by atoms with van der Waals surface area (Å²) >= 11 is 3.39. The summed E-state index contributed by atoms with van der Waals surface area (Å²) in [6.45, 7) is 2.16. The maximum absolute atomic E-state index is 5.99. The third kappa shape index (κ3) is 2.69. The number of aromatic nitrogens is 2. The van der Waals surface area contributed by atoms with Gasteiger partial charge in [0.2, 0.25) is 0 Å². The molecule has 2 N–H and O–H groups in total. The molecule has 2 rings (SSSR count). The number of hydrogen-bond acceptors (Lipinski definition) is 2. The first-order chi connectivity index (χ1) is 8.22. The summed E-state index contributed by atoms with van der Waals surface area (Å²) in [4.78, 5) is 0. The molecule has 1 atom stereocenters. The lowest BCUT2D eigenvalue weighted by Gasteiger charge is -2.17. The Morgan fingerprint density at radius 2 is 2.06 bits per heavy atom. The summed E-state index contributed by atoms with van der Waals surface area (Å²) in [7, 11) is 0. The molecule has 0 saturated heterocycles. The van der Waals surface area contributed by atoms with Crippen molar-refractivity contribution in [3.8, 4) is 0 Å². The predicted molar refractivity (Wildman–Crippen MR) is 73.8 cm³/mol. The molecule has 1 unspecified atom stereocenters. The SMILES string of the molecule is CCC(Cc1ccccc1)n1ncc(Br)c1N. The Hall–Kier alpha value is -1.29. The van der Waals surface area contributed by atoms with Crippen molar-refractivity contribution >= 4 is 21.7 Å². The van der Waals surface area contributed by atoms with Crippen molar-refractivity contribution in [2.75, 3.05) is 5.73 Å². The van der Waals surface area contributed by atoms with Crippen LogP contribution in [0.3, 0.4) is 0 Å². The average molecular weight is 294 g/mol. The van der Waals surface area contributed by atoms with Crippen molar-refractivity contribution in [3.63, 3.8) is 0 Å². The Bertz CT molecular complexity index is 479. The van der Waals surface area contributed by atoms with Crippen LogP contribution in [0.2, 0.25) is 0 Å². The van der Waals surface area contributed by atoms with E-state index < -0.39 is 0 Å². The molecule has 0 aliphatic carbocycles. The van der Waals surface area contributed by atoms with Gasteiger partial charge in [0.25, 0.3) is 0 Å². The number of benzene rings is 1. The average Bonchev–Trinajstić information content (AvgIpc) is 2.69. The lowest BCUT2D eigenvalue weighted by molar-refractivity contribution is 0.444. The van der Waals surface area contributed by atoms with Crippen LogP contribution in [0.5, 0.6) is 0 Å². The Morgan fingerprint density at radius 3 is 2.59 bits per heavy atom. The minimum absolute atomic E-state index is 0.309. The number of nitrogens with two attached hydrogens (primary N) is 1. The molecule has 1 heterocycles. The van der Waals surface area contributed by atoms with E-state index in [0.717, 1.165) is 17.3 Å². The van der Waals surface area contributed by atoms with Gasteiger partial charge in [0, 0.05) is 0 Å². The summed E-state index contributed by atoms with van der Waals surface area (Å²) < 4.78 is 2.76. The molecule has 90 valence electrons. The molecule has 0 radical (unpaired) electrons. The fourth-order valence-corrected chi connectivity index (χ4v) is 2.20. The summed E-state index contributed by atoms with van der Waals surface area (Å²) in [6.07, 6.45) is 3.71. The molecule has 1 aromatic carbocycles. The van der Waals surface area contributed by atoms with E-state index >= 15 is 0 Å². The molecule has 4 heteroatoms. The Labute approximate surface area is 110 Å². The van der Waals surface area contributed by atoms with Gasteiger partial charge in [-0.3, -0.25) is 0 Å². The minimum atomic E-state index is 0.309. The van der Waals surface area contributed by atoms with E-state index in [4.69, 9.17) is 5.73 Å². The molecule has 0 bridgehead atoms. The molecule has 0 fully saturated rings. The number of anilines is 1. The molecule has 0 spiro atoms. The van der Waals surface area contributed by atoms with Gasteiger partial charge in [-0.05, 0) is 34.3 Å². The maximum atomic E-state index is 5.99. The van der Waals surface area contributed by atoms with Crippen LogP contribution in [0, 0.1) is 0 Å². The lowest BCUT2D eigenvalue weighted by atomic mass is 10.0. The highest BCUT2D eigenvalue weighted by Gasteiger charge is 2.14. The van der Waals surface area contributed by atoms with Crippen LogP contribution in [0.4, 0.5) is 5.82 Å². The Kier molecular flexibility index (Phi) is 3.84. The smallest absolute Gasteiger partial charge is 0.136 e. The number of hydrogen-bond donors (Lipinski definition) is 1. The second-order valence-corrected chi connectivity index (χ2v) is 4.93. The molecular formula is C13H16BrN3. The number of nitrogens with zero attached hydrogens (tertiary/aromatic N) is 2. The van der Waals surface area contributed by atoms with Crippen LogP contribution in [0.25, 0.3) is 0 Å². The quantitative estimate of drug-likeness (QED) is 0.939. The van der Waals surface area contributed by atoms with Gasteiger partial charge in [-0.15, -0.1) is 0 Å². The summed E-state index contributed by atoms with van der Waals surface area (Å²) in [5.41, 5.74) is 7.30. The van der Waals surface area contributed by atoms with Gasteiger partial charge in [-0.25, -0.2) is 4.68 Å². The molecule has 0 amide bonds. The second-order valence-electron chi connectivity index (χ2n) is 4.07. The fraction of sp³-hybridized carbons (Fsp3) is 0.308. The first kappa shape index (κ1) is 12.2. The molecule has 17 heavy (non-hydrogen) atoms. The Morgan fingerprint density at radius 1 is 1.35 bits per heavy atom. The zero-order chi connectivity index (χ0) is 12.3. The lowest BCUT2D eigenvalue weighted by Crippen LogP contribution is -2.15. The Balaban J connectivity index is 2.20. The van der Waals surface area contributed by atoms with E-state index in [9.17, 15) is 0 Å². The minimum Gasteiger partial charge on any atom is -0.383 e. The van der Waals surface area contributed by atoms with Gasteiger partial charge >= 0.3 is 0 Å². The van der Waals surface area contributed by atoms with Crippen molar-refractivity contribution in [3.05, 3.63) is 46.6 Å². The van der Waals surface area contributed by atoms with Crippen LogP contribution >= 0.6 is 15.9 Å². The first-order valence-electron chi connectivity index (χ1n) is 5.74. The van der Waals surface area contributed by atoms with Gasteiger partial charge < -0.3 is 5.73 Å². The molecule has 3 nitrogen and oxygen atoms in total. The zero-order valence-electron chi connectivity index (χ0n) is 9.81. The number of rotatable bonds is 4. The topological polar surface area (TPSA) is 43.8 Å². The van der Waals surface area contributed by atoms with E-state index in [1.54, 1.807) is 6.20 Å². The third-order valence-electron chi connectivity index (χ3n) is 2.92. The molecule has 0 aliphatic rings. The van der Waals surface area contributed by atoms with Crippen molar-refractivity contribution in [2.45, 2.75) is 25.8 Å². The zero-order valence-corrected chi connectivity index (χ0v) is 11.4. The van der Waals surface area contributed by atoms with Crippen molar-refractivity contribution in [2.24, 2.45) is 0 Å². The van der Waals surface area contributed by atoms with Crippen molar-refractivity contribution in [1.82, 2.24) is 9.78 Å². The van der Waals surface area contributed by atoms with Crippen LogP contribution in [-0.4, -0.2) is 9.78 Å². The largest absolute Gasteiger partial charge is 0.383 e. The summed E-state index contributed by atoms with van der Waals surface area (Å²) in [6, 6.07) is 10.7. The molecular weight excluding hydrogens is 278 g/mol. The molecule has 2 aromatic rings. The van der Waals surface area contributed by atoms with Gasteiger partial charge in [0.1, 0.15) is 5.82 Å². The van der Waals surface area contributed by atoms with Crippen LogP contribution in [0.15, 0.2) is 41.0 Å². The number of halogens is 1. The van der Waals surface area contributed by atoms with Gasteiger partial charge in [0.15, 0.2) is 0 Å². The highest BCUT2D eigenvalue weighted by atomic mass is 79.9.